The van der Waals surface area contributed by atoms with Gasteiger partial charge in [-0.15, -0.1) is 21.5 Å². The molecule has 32 heavy (non-hydrogen) atoms. The Hall–Kier alpha value is -3.37. The van der Waals surface area contributed by atoms with Gasteiger partial charge >= 0.3 is 0 Å². The lowest BCUT2D eigenvalue weighted by Gasteiger charge is -2.07. The third-order valence-corrected chi connectivity index (χ3v) is 6.60. The lowest BCUT2D eigenvalue weighted by molar-refractivity contribution is -0.113. The van der Waals surface area contributed by atoms with Crippen molar-refractivity contribution >= 4 is 34.1 Å². The smallest absolute Gasteiger partial charge is 0.236 e. The number of anilines is 1. The first-order valence-electron chi connectivity index (χ1n) is 9.76. The molecule has 4 aromatic rings. The second-order valence-electron chi connectivity index (χ2n) is 7.05. The van der Waals surface area contributed by atoms with Gasteiger partial charge in [0.15, 0.2) is 11.0 Å². The molecule has 2 heterocycles. The first-order valence-corrected chi connectivity index (χ1v) is 11.6. The number of aromatic nitrogens is 4. The van der Waals surface area contributed by atoms with Crippen LogP contribution >= 0.6 is 23.1 Å². The third-order valence-electron chi connectivity index (χ3n) is 4.90. The fourth-order valence-electron chi connectivity index (χ4n) is 3.04. The van der Waals surface area contributed by atoms with Crippen LogP contribution in [0.15, 0.2) is 53.0 Å². The van der Waals surface area contributed by atoms with E-state index in [1.165, 1.54) is 38.9 Å². The highest BCUT2D eigenvalue weighted by Crippen LogP contribution is 2.30. The number of thioether (sulfide) groups is 1. The van der Waals surface area contributed by atoms with Crippen LogP contribution in [0.3, 0.4) is 0 Å². The first kappa shape index (κ1) is 21.8. The molecule has 8 nitrogen and oxygen atoms in total. The summed E-state index contributed by atoms with van der Waals surface area (Å²) in [6.07, 6.45) is 0. The van der Waals surface area contributed by atoms with Crippen LogP contribution in [0.25, 0.3) is 22.6 Å². The monoisotopic (exact) mass is 466 g/mol. The predicted octanol–water partition coefficient (Wildman–Crippen LogP) is 4.14. The SMILES string of the molecule is COc1ccccc1-c1nnc(SCC(=O)Nc2nc(-c3ccc(C)c(C)c3)cs2)n1N. The highest BCUT2D eigenvalue weighted by Gasteiger charge is 2.17. The summed E-state index contributed by atoms with van der Waals surface area (Å²) in [6.45, 7) is 4.14. The van der Waals surface area contributed by atoms with Gasteiger partial charge < -0.3 is 15.9 Å². The van der Waals surface area contributed by atoms with E-state index in [9.17, 15) is 4.79 Å². The van der Waals surface area contributed by atoms with Crippen LogP contribution in [0.1, 0.15) is 11.1 Å². The summed E-state index contributed by atoms with van der Waals surface area (Å²) in [5, 5.41) is 14.0. The standard InChI is InChI=1S/C22H22N6O2S2/c1-13-8-9-15(10-14(13)2)17-11-31-21(24-17)25-19(29)12-32-22-27-26-20(28(22)23)16-6-4-5-7-18(16)30-3/h4-11H,12,23H2,1-3H3,(H,24,25,29). The molecule has 0 saturated heterocycles. The minimum Gasteiger partial charge on any atom is -0.496 e. The molecule has 0 spiro atoms. The number of methoxy groups -OCH3 is 1. The molecular formula is C22H22N6O2S2. The highest BCUT2D eigenvalue weighted by atomic mass is 32.2. The van der Waals surface area contributed by atoms with Gasteiger partial charge in [0, 0.05) is 10.9 Å². The van der Waals surface area contributed by atoms with Crippen molar-refractivity contribution in [3.8, 4) is 28.4 Å². The lowest BCUT2D eigenvalue weighted by Crippen LogP contribution is -2.16. The Morgan fingerprint density at radius 2 is 2.00 bits per heavy atom. The number of carbonyl (C=O) groups excluding carboxylic acids is 1. The molecule has 3 N–H and O–H groups in total. The molecule has 10 heteroatoms. The average molecular weight is 467 g/mol. The van der Waals surface area contributed by atoms with Crippen LogP contribution in [0, 0.1) is 13.8 Å². The Labute approximate surface area is 193 Å². The number of nitrogens with two attached hydrogens (primary N) is 1. The number of nitrogens with zero attached hydrogens (tertiary/aromatic N) is 4. The molecule has 0 saturated carbocycles. The largest absolute Gasteiger partial charge is 0.496 e. The Morgan fingerprint density at radius 1 is 1.19 bits per heavy atom. The van der Waals surface area contributed by atoms with Crippen molar-refractivity contribution in [2.24, 2.45) is 0 Å². The number of nitrogen functional groups attached to an aromatic ring is 1. The molecule has 164 valence electrons. The van der Waals surface area contributed by atoms with Crippen molar-refractivity contribution in [1.29, 1.82) is 0 Å². The number of benzene rings is 2. The zero-order valence-electron chi connectivity index (χ0n) is 17.8. The first-order chi connectivity index (χ1) is 15.5. The third kappa shape index (κ3) is 4.61. The highest BCUT2D eigenvalue weighted by molar-refractivity contribution is 7.99. The van der Waals surface area contributed by atoms with Gasteiger partial charge in [-0.05, 0) is 43.2 Å². The Bertz CT molecular complexity index is 1270. The Kier molecular flexibility index (Phi) is 6.42. The van der Waals surface area contributed by atoms with E-state index in [1.54, 1.807) is 7.11 Å². The fraction of sp³-hybridized carbons (Fsp3) is 0.182. The van der Waals surface area contributed by atoms with Crippen molar-refractivity contribution in [2.45, 2.75) is 19.0 Å². The molecule has 0 unspecified atom stereocenters. The lowest BCUT2D eigenvalue weighted by atomic mass is 10.1. The van der Waals surface area contributed by atoms with E-state index < -0.39 is 0 Å². The fourth-order valence-corrected chi connectivity index (χ4v) is 4.43. The maximum absolute atomic E-state index is 12.4. The van der Waals surface area contributed by atoms with Crippen LogP contribution < -0.4 is 15.9 Å². The number of aryl methyl sites for hydroxylation is 2. The van der Waals surface area contributed by atoms with Crippen molar-refractivity contribution in [2.75, 3.05) is 24.0 Å². The number of nitrogens with one attached hydrogen (secondary N) is 1. The summed E-state index contributed by atoms with van der Waals surface area (Å²) in [7, 11) is 1.58. The zero-order chi connectivity index (χ0) is 22.7. The molecule has 0 atom stereocenters. The van der Waals surface area contributed by atoms with E-state index in [2.05, 4.69) is 46.5 Å². The minimum absolute atomic E-state index is 0.125. The molecular weight excluding hydrogens is 444 g/mol. The quantitative estimate of drug-likeness (QED) is 0.311. The van der Waals surface area contributed by atoms with Crippen LogP contribution in [-0.4, -0.2) is 38.6 Å². The van der Waals surface area contributed by atoms with Crippen molar-refractivity contribution in [3.05, 3.63) is 59.0 Å². The van der Waals surface area contributed by atoms with Crippen molar-refractivity contribution < 1.29 is 9.53 Å². The van der Waals surface area contributed by atoms with Crippen LogP contribution in [0.2, 0.25) is 0 Å². The van der Waals surface area contributed by atoms with Gasteiger partial charge in [-0.25, -0.2) is 9.66 Å². The second kappa shape index (κ2) is 9.41. The Morgan fingerprint density at radius 3 is 2.78 bits per heavy atom. The second-order valence-corrected chi connectivity index (χ2v) is 8.85. The number of rotatable bonds is 7. The summed E-state index contributed by atoms with van der Waals surface area (Å²) in [5.74, 6) is 7.19. The number of para-hydroxylation sites is 1. The maximum Gasteiger partial charge on any atom is 0.236 e. The summed E-state index contributed by atoms with van der Waals surface area (Å²) in [5.41, 5.74) is 5.03. The molecule has 0 radical (unpaired) electrons. The molecule has 0 aliphatic carbocycles. The predicted molar refractivity (Wildman–Crippen MR) is 129 cm³/mol. The van der Waals surface area contributed by atoms with E-state index in [0.717, 1.165) is 16.8 Å². The van der Waals surface area contributed by atoms with Crippen LogP contribution in [0.4, 0.5) is 5.13 Å². The number of thiazole rings is 1. The maximum atomic E-state index is 12.4. The van der Waals surface area contributed by atoms with Gasteiger partial charge in [0.1, 0.15) is 5.75 Å². The van der Waals surface area contributed by atoms with Crippen LogP contribution in [-0.2, 0) is 4.79 Å². The minimum atomic E-state index is -0.196. The molecule has 0 bridgehead atoms. The topological polar surface area (TPSA) is 108 Å². The summed E-state index contributed by atoms with van der Waals surface area (Å²) in [4.78, 5) is 17.0. The zero-order valence-corrected chi connectivity index (χ0v) is 19.5. The number of hydrogen-bond acceptors (Lipinski definition) is 8. The molecule has 0 aliphatic rings. The van der Waals surface area contributed by atoms with E-state index >= 15 is 0 Å². The molecule has 1 amide bonds. The van der Waals surface area contributed by atoms with Gasteiger partial charge in [0.2, 0.25) is 11.1 Å². The van der Waals surface area contributed by atoms with Gasteiger partial charge in [-0.3, -0.25) is 4.79 Å². The average Bonchev–Trinajstić information content (AvgIpc) is 3.40. The molecule has 2 aromatic heterocycles. The van der Waals surface area contributed by atoms with E-state index in [4.69, 9.17) is 10.6 Å². The van der Waals surface area contributed by atoms with Crippen molar-refractivity contribution in [3.63, 3.8) is 0 Å². The molecule has 2 aromatic carbocycles. The molecule has 0 aliphatic heterocycles. The number of hydrogen-bond donors (Lipinski definition) is 2. The number of amides is 1. The Balaban J connectivity index is 1.39. The molecule has 0 fully saturated rings. The molecule has 4 rings (SSSR count). The van der Waals surface area contributed by atoms with Gasteiger partial charge in [0.25, 0.3) is 0 Å². The normalized spacial score (nSPS) is 10.8. The van der Waals surface area contributed by atoms with E-state index in [-0.39, 0.29) is 11.7 Å². The summed E-state index contributed by atoms with van der Waals surface area (Å²) < 4.78 is 6.72. The van der Waals surface area contributed by atoms with Gasteiger partial charge in [-0.2, -0.15) is 0 Å². The van der Waals surface area contributed by atoms with Gasteiger partial charge in [-0.1, -0.05) is 36.0 Å². The van der Waals surface area contributed by atoms with Crippen LogP contribution in [0.5, 0.6) is 5.75 Å². The van der Waals surface area contributed by atoms with Crippen molar-refractivity contribution in [1.82, 2.24) is 19.9 Å². The number of carbonyl (C=O) groups is 1. The van der Waals surface area contributed by atoms with Gasteiger partial charge in [0.05, 0.1) is 24.1 Å². The summed E-state index contributed by atoms with van der Waals surface area (Å²) >= 11 is 2.59. The summed E-state index contributed by atoms with van der Waals surface area (Å²) in [6, 6.07) is 13.6. The van der Waals surface area contributed by atoms with E-state index in [1.807, 2.05) is 35.7 Å². The van der Waals surface area contributed by atoms with E-state index in [0.29, 0.717) is 21.9 Å². The number of ether oxygens (including phenoxy) is 1.